The minimum Gasteiger partial charge on any atom is -0.364 e. The molecule has 2 fully saturated rings. The second-order valence-electron chi connectivity index (χ2n) is 10.1. The first kappa shape index (κ1) is 23.6. The van der Waals surface area contributed by atoms with Crippen LogP contribution in [0.25, 0.3) is 11.0 Å². The molecule has 0 radical (unpaired) electrons. The number of hydrogen-bond donors (Lipinski definition) is 0. The number of aromatic nitrogens is 4. The van der Waals surface area contributed by atoms with E-state index in [2.05, 4.69) is 55.0 Å². The molecule has 1 saturated carbocycles. The summed E-state index contributed by atoms with van der Waals surface area (Å²) in [5.74, 6) is 0.669. The second-order valence-corrected chi connectivity index (χ2v) is 10.1. The minimum atomic E-state index is -0.0514. The highest BCUT2D eigenvalue weighted by Crippen LogP contribution is 2.39. The smallest absolute Gasteiger partial charge is 0.252 e. The summed E-state index contributed by atoms with van der Waals surface area (Å²) < 4.78 is 3.25. The molecule has 2 aliphatic rings. The average Bonchev–Trinajstić information content (AvgIpc) is 3.65. The van der Waals surface area contributed by atoms with Crippen molar-refractivity contribution in [3.8, 4) is 6.07 Å². The van der Waals surface area contributed by atoms with Crippen molar-refractivity contribution in [2.24, 2.45) is 7.05 Å². The van der Waals surface area contributed by atoms with Crippen LogP contribution in [0.1, 0.15) is 69.7 Å². The van der Waals surface area contributed by atoms with Crippen molar-refractivity contribution >= 4 is 16.7 Å². The maximum absolute atomic E-state index is 12.9. The Labute approximate surface area is 206 Å². The Balaban J connectivity index is 1.46. The van der Waals surface area contributed by atoms with Gasteiger partial charge in [-0.3, -0.25) is 19.4 Å². The fourth-order valence-corrected chi connectivity index (χ4v) is 5.54. The van der Waals surface area contributed by atoms with Crippen molar-refractivity contribution in [2.75, 3.05) is 18.0 Å². The van der Waals surface area contributed by atoms with Crippen LogP contribution in [0.5, 0.6) is 0 Å². The predicted octanol–water partition coefficient (Wildman–Crippen LogP) is 3.97. The van der Waals surface area contributed by atoms with Crippen LogP contribution in [0, 0.1) is 11.3 Å². The summed E-state index contributed by atoms with van der Waals surface area (Å²) in [6.07, 6.45) is 8.40. The van der Waals surface area contributed by atoms with Crippen LogP contribution in [0.4, 0.5) is 5.69 Å². The third-order valence-electron chi connectivity index (χ3n) is 7.95. The molecule has 3 atom stereocenters. The Hall–Kier alpha value is -3.18. The van der Waals surface area contributed by atoms with Gasteiger partial charge in [0, 0.05) is 62.1 Å². The lowest BCUT2D eigenvalue weighted by atomic mass is 9.97. The third-order valence-corrected chi connectivity index (χ3v) is 7.95. The molecule has 5 rings (SSSR count). The van der Waals surface area contributed by atoms with Gasteiger partial charge in [-0.15, -0.1) is 0 Å². The van der Waals surface area contributed by atoms with Crippen molar-refractivity contribution < 1.29 is 0 Å². The molecule has 0 aromatic carbocycles. The number of anilines is 1. The summed E-state index contributed by atoms with van der Waals surface area (Å²) in [7, 11) is 1.77. The van der Waals surface area contributed by atoms with E-state index in [4.69, 9.17) is 15.3 Å². The highest BCUT2D eigenvalue weighted by molar-refractivity contribution is 5.88. The Bertz CT molecular complexity index is 1300. The summed E-state index contributed by atoms with van der Waals surface area (Å²) in [6.45, 7) is 8.65. The summed E-state index contributed by atoms with van der Waals surface area (Å²) in [6, 6.07) is 9.22. The lowest BCUT2D eigenvalue weighted by Gasteiger charge is -2.49. The average molecular weight is 474 g/mol. The van der Waals surface area contributed by atoms with Gasteiger partial charge in [0.25, 0.3) is 5.56 Å². The largest absolute Gasteiger partial charge is 0.364 e. The lowest BCUT2D eigenvalue weighted by Crippen LogP contribution is -2.58. The van der Waals surface area contributed by atoms with Gasteiger partial charge in [-0.25, -0.2) is 0 Å². The zero-order chi connectivity index (χ0) is 24.7. The molecule has 0 spiro atoms. The molecule has 4 heterocycles. The molecule has 1 aliphatic carbocycles. The number of nitriles is 1. The maximum atomic E-state index is 12.9. The van der Waals surface area contributed by atoms with E-state index in [1.54, 1.807) is 28.6 Å². The predicted molar refractivity (Wildman–Crippen MR) is 137 cm³/mol. The molecule has 0 N–H and O–H groups in total. The molecular weight excluding hydrogens is 438 g/mol. The first-order valence-corrected chi connectivity index (χ1v) is 12.9. The number of piperazine rings is 1. The van der Waals surface area contributed by atoms with Crippen molar-refractivity contribution in [1.29, 1.82) is 5.26 Å². The number of fused-ring (bicyclic) bond motifs is 1. The molecule has 8 nitrogen and oxygen atoms in total. The van der Waals surface area contributed by atoms with Crippen LogP contribution in [-0.2, 0) is 13.6 Å². The minimum absolute atomic E-state index is 0.0514. The molecule has 184 valence electrons. The number of nitrogens with zero attached hydrogens (tertiary/aromatic N) is 7. The summed E-state index contributed by atoms with van der Waals surface area (Å²) in [5.41, 5.74) is 4.88. The van der Waals surface area contributed by atoms with E-state index in [1.165, 1.54) is 24.1 Å². The zero-order valence-electron chi connectivity index (χ0n) is 21.2. The van der Waals surface area contributed by atoms with Crippen molar-refractivity contribution in [1.82, 2.24) is 24.2 Å². The van der Waals surface area contributed by atoms with Gasteiger partial charge in [0.1, 0.15) is 12.1 Å². The lowest BCUT2D eigenvalue weighted by molar-refractivity contribution is 0.101. The molecule has 0 amide bonds. The van der Waals surface area contributed by atoms with Crippen LogP contribution in [0.15, 0.2) is 35.4 Å². The zero-order valence-corrected chi connectivity index (χ0v) is 21.2. The molecule has 8 heteroatoms. The standard InChI is InChI=1S/C27H35N7O/c1-5-21-16-34(24-13-26(35)31(4)25-17-32(12-11-28)30-27(24)25)22(6-2)15-33(21)18(3)20-9-10-23(29-14-20)19-7-8-19/h9-10,13-14,17-19,21-22H,5-8,12,15-16H2,1-4H3/t18?,21-,22+/m1/s1. The molecule has 3 aromatic heterocycles. The van der Waals surface area contributed by atoms with Crippen molar-refractivity contribution in [2.45, 2.75) is 77.0 Å². The van der Waals surface area contributed by atoms with Gasteiger partial charge in [-0.1, -0.05) is 19.9 Å². The fourth-order valence-electron chi connectivity index (χ4n) is 5.54. The second kappa shape index (κ2) is 9.46. The molecule has 1 aliphatic heterocycles. The topological polar surface area (TPSA) is 83.0 Å². The van der Waals surface area contributed by atoms with Crippen LogP contribution >= 0.6 is 0 Å². The fraction of sp³-hybridized carbons (Fsp3) is 0.556. The first-order chi connectivity index (χ1) is 16.9. The van der Waals surface area contributed by atoms with E-state index in [0.29, 0.717) is 12.0 Å². The Kier molecular flexibility index (Phi) is 6.37. The van der Waals surface area contributed by atoms with Gasteiger partial charge in [0.15, 0.2) is 0 Å². The Morgan fingerprint density at radius 3 is 2.57 bits per heavy atom. The highest BCUT2D eigenvalue weighted by atomic mass is 16.1. The van der Waals surface area contributed by atoms with Gasteiger partial charge in [0.05, 0.1) is 23.5 Å². The van der Waals surface area contributed by atoms with Gasteiger partial charge < -0.3 is 9.47 Å². The van der Waals surface area contributed by atoms with E-state index < -0.39 is 0 Å². The van der Waals surface area contributed by atoms with Crippen LogP contribution in [0.3, 0.4) is 0 Å². The van der Waals surface area contributed by atoms with Crippen LogP contribution in [-0.4, -0.2) is 49.4 Å². The SMILES string of the molecule is CC[C@H]1CN(C(C)c2ccc(C3CC3)nc2)[C@H](CC)CN1c1cc(=O)n(C)c2cn(CC#N)nc12. The molecule has 35 heavy (non-hydrogen) atoms. The van der Waals surface area contributed by atoms with E-state index in [0.717, 1.165) is 42.7 Å². The summed E-state index contributed by atoms with van der Waals surface area (Å²) in [4.78, 5) is 22.6. The normalized spacial score (nSPS) is 21.9. The van der Waals surface area contributed by atoms with Crippen molar-refractivity contribution in [3.05, 3.63) is 52.2 Å². The number of aryl methyl sites for hydroxylation is 1. The van der Waals surface area contributed by atoms with Gasteiger partial charge in [-0.05, 0) is 44.2 Å². The third kappa shape index (κ3) is 4.34. The van der Waals surface area contributed by atoms with Crippen LogP contribution in [0.2, 0.25) is 0 Å². The molecular formula is C27H35N7O. The first-order valence-electron chi connectivity index (χ1n) is 12.9. The molecule has 1 unspecified atom stereocenters. The van der Waals surface area contributed by atoms with E-state index in [9.17, 15) is 4.79 Å². The van der Waals surface area contributed by atoms with Gasteiger partial charge in [-0.2, -0.15) is 10.4 Å². The van der Waals surface area contributed by atoms with Crippen molar-refractivity contribution in [3.63, 3.8) is 0 Å². The van der Waals surface area contributed by atoms with Crippen LogP contribution < -0.4 is 10.5 Å². The molecule has 1 saturated heterocycles. The highest BCUT2D eigenvalue weighted by Gasteiger charge is 2.36. The van der Waals surface area contributed by atoms with E-state index in [1.807, 2.05) is 0 Å². The van der Waals surface area contributed by atoms with Gasteiger partial charge in [0.2, 0.25) is 0 Å². The number of pyridine rings is 2. The van der Waals surface area contributed by atoms with Gasteiger partial charge >= 0.3 is 0 Å². The monoisotopic (exact) mass is 473 g/mol. The van der Waals surface area contributed by atoms with E-state index in [-0.39, 0.29) is 24.2 Å². The summed E-state index contributed by atoms with van der Waals surface area (Å²) in [5, 5.41) is 13.9. The number of rotatable bonds is 7. The maximum Gasteiger partial charge on any atom is 0.252 e. The quantitative estimate of drug-likeness (QED) is 0.516. The Morgan fingerprint density at radius 1 is 1.17 bits per heavy atom. The Morgan fingerprint density at radius 2 is 1.94 bits per heavy atom. The summed E-state index contributed by atoms with van der Waals surface area (Å²) >= 11 is 0. The molecule has 3 aromatic rings. The number of hydrogen-bond acceptors (Lipinski definition) is 6. The van der Waals surface area contributed by atoms with E-state index >= 15 is 0 Å². The molecule has 0 bridgehead atoms.